The van der Waals surface area contributed by atoms with E-state index in [0.717, 1.165) is 29.9 Å². The molecule has 4 rings (SSSR count). The van der Waals surface area contributed by atoms with Crippen LogP contribution in [0.5, 0.6) is 0 Å². The normalized spacial score (nSPS) is 16.0. The van der Waals surface area contributed by atoms with Crippen LogP contribution in [0.15, 0.2) is 64.9 Å². The Kier molecular flexibility index (Phi) is 6.67. The minimum absolute atomic E-state index is 0.0583. The summed E-state index contributed by atoms with van der Waals surface area (Å²) in [5.41, 5.74) is 1.15. The number of amides is 1. The number of pyridine rings is 1. The molecule has 1 fully saturated rings. The maximum atomic E-state index is 13.4. The SMILES string of the molecule is O=C(c1ccc(=O)n(Cc2ccccc2Cl)c1)N(Cc1cccs1)CC1CCCO1. The summed E-state index contributed by atoms with van der Waals surface area (Å²) in [5.74, 6) is -0.105. The van der Waals surface area contributed by atoms with Gasteiger partial charge in [-0.2, -0.15) is 0 Å². The second kappa shape index (κ2) is 9.60. The quantitative estimate of drug-likeness (QED) is 0.543. The van der Waals surface area contributed by atoms with Gasteiger partial charge < -0.3 is 14.2 Å². The number of carbonyl (C=O) groups excluding carboxylic acids is 1. The first-order valence-corrected chi connectivity index (χ1v) is 11.2. The second-order valence-corrected chi connectivity index (χ2v) is 8.81. The Morgan fingerprint density at radius 2 is 2.07 bits per heavy atom. The lowest BCUT2D eigenvalue weighted by atomic mass is 10.1. The summed E-state index contributed by atoms with van der Waals surface area (Å²) in [6.07, 6.45) is 3.67. The molecule has 2 aromatic heterocycles. The molecule has 1 atom stereocenters. The van der Waals surface area contributed by atoms with E-state index in [-0.39, 0.29) is 17.6 Å². The topological polar surface area (TPSA) is 51.5 Å². The third-order valence-electron chi connectivity index (χ3n) is 5.19. The third-order valence-corrected chi connectivity index (χ3v) is 6.42. The number of hydrogen-bond acceptors (Lipinski definition) is 4. The minimum atomic E-state index is -0.171. The molecular weight excluding hydrogens is 420 g/mol. The van der Waals surface area contributed by atoms with Crippen molar-refractivity contribution in [1.82, 2.24) is 9.47 Å². The van der Waals surface area contributed by atoms with E-state index in [9.17, 15) is 9.59 Å². The zero-order valence-electron chi connectivity index (χ0n) is 16.5. The zero-order chi connectivity index (χ0) is 20.9. The molecule has 1 aliphatic rings. The number of hydrogen-bond donors (Lipinski definition) is 0. The van der Waals surface area contributed by atoms with Gasteiger partial charge in [0.1, 0.15) is 0 Å². The molecule has 156 valence electrons. The fourth-order valence-electron chi connectivity index (χ4n) is 3.62. The number of rotatable bonds is 7. The van der Waals surface area contributed by atoms with Crippen LogP contribution in [0.4, 0.5) is 0 Å². The van der Waals surface area contributed by atoms with Crippen LogP contribution in [-0.2, 0) is 17.8 Å². The lowest BCUT2D eigenvalue weighted by Crippen LogP contribution is -2.37. The van der Waals surface area contributed by atoms with Crippen molar-refractivity contribution in [2.45, 2.75) is 32.0 Å². The number of halogens is 1. The fraction of sp³-hybridized carbons (Fsp3) is 0.304. The van der Waals surface area contributed by atoms with Crippen LogP contribution in [0.2, 0.25) is 5.02 Å². The Morgan fingerprint density at radius 3 is 2.80 bits per heavy atom. The molecule has 5 nitrogen and oxygen atoms in total. The first-order valence-electron chi connectivity index (χ1n) is 9.97. The van der Waals surface area contributed by atoms with Gasteiger partial charge in [0.2, 0.25) is 0 Å². The van der Waals surface area contributed by atoms with Crippen LogP contribution in [0.25, 0.3) is 0 Å². The number of thiophene rings is 1. The summed E-state index contributed by atoms with van der Waals surface area (Å²) in [7, 11) is 0. The van der Waals surface area contributed by atoms with Gasteiger partial charge in [0, 0.05) is 35.3 Å². The number of nitrogens with zero attached hydrogens (tertiary/aromatic N) is 2. The second-order valence-electron chi connectivity index (χ2n) is 7.38. The molecule has 1 aliphatic heterocycles. The lowest BCUT2D eigenvalue weighted by molar-refractivity contribution is 0.0509. The van der Waals surface area contributed by atoms with Crippen LogP contribution < -0.4 is 5.56 Å². The van der Waals surface area contributed by atoms with Crippen molar-refractivity contribution in [3.8, 4) is 0 Å². The fourth-order valence-corrected chi connectivity index (χ4v) is 4.53. The van der Waals surface area contributed by atoms with Crippen LogP contribution in [0.1, 0.15) is 33.6 Å². The highest BCUT2D eigenvalue weighted by Gasteiger charge is 2.24. The highest BCUT2D eigenvalue weighted by atomic mass is 35.5. The summed E-state index contributed by atoms with van der Waals surface area (Å²) in [6, 6.07) is 14.5. The lowest BCUT2D eigenvalue weighted by Gasteiger charge is -2.25. The standard InChI is InChI=1S/C23H23ClN2O3S/c24-21-8-2-1-5-17(21)13-25-14-18(9-10-22(25)27)23(28)26(15-19-6-3-11-29-19)16-20-7-4-12-30-20/h1-2,4-5,7-10,12,14,19H,3,6,11,13,15-16H2. The van der Waals surface area contributed by atoms with Gasteiger partial charge in [-0.05, 0) is 42.0 Å². The van der Waals surface area contributed by atoms with E-state index in [1.807, 2.05) is 40.6 Å². The number of ether oxygens (including phenoxy) is 1. The van der Waals surface area contributed by atoms with E-state index in [1.165, 1.54) is 10.6 Å². The van der Waals surface area contributed by atoms with E-state index < -0.39 is 0 Å². The van der Waals surface area contributed by atoms with Gasteiger partial charge in [-0.25, -0.2) is 0 Å². The highest BCUT2D eigenvalue weighted by molar-refractivity contribution is 7.09. The van der Waals surface area contributed by atoms with Gasteiger partial charge in [-0.3, -0.25) is 9.59 Å². The molecule has 0 N–H and O–H groups in total. The summed E-state index contributed by atoms with van der Waals surface area (Å²) < 4.78 is 7.29. The van der Waals surface area contributed by atoms with Gasteiger partial charge in [-0.15, -0.1) is 11.3 Å². The van der Waals surface area contributed by atoms with Crippen molar-refractivity contribution in [3.05, 3.63) is 91.5 Å². The predicted octanol–water partition coefficient (Wildman–Crippen LogP) is 4.43. The maximum Gasteiger partial charge on any atom is 0.255 e. The van der Waals surface area contributed by atoms with Crippen molar-refractivity contribution in [3.63, 3.8) is 0 Å². The average Bonchev–Trinajstić information content (AvgIpc) is 3.44. The van der Waals surface area contributed by atoms with Crippen molar-refractivity contribution in [2.75, 3.05) is 13.2 Å². The molecule has 1 saturated heterocycles. The van der Waals surface area contributed by atoms with E-state index in [2.05, 4.69) is 0 Å². The highest BCUT2D eigenvalue weighted by Crippen LogP contribution is 2.20. The summed E-state index contributed by atoms with van der Waals surface area (Å²) in [5, 5.41) is 2.60. The molecule has 1 unspecified atom stereocenters. The summed E-state index contributed by atoms with van der Waals surface area (Å²) in [4.78, 5) is 28.7. The van der Waals surface area contributed by atoms with Gasteiger partial charge >= 0.3 is 0 Å². The minimum Gasteiger partial charge on any atom is -0.376 e. The molecule has 0 radical (unpaired) electrons. The van der Waals surface area contributed by atoms with Gasteiger partial charge in [0.25, 0.3) is 11.5 Å². The van der Waals surface area contributed by atoms with E-state index >= 15 is 0 Å². The molecular formula is C23H23ClN2O3S. The summed E-state index contributed by atoms with van der Waals surface area (Å²) in [6.45, 7) is 2.13. The predicted molar refractivity (Wildman–Crippen MR) is 119 cm³/mol. The molecule has 0 bridgehead atoms. The molecule has 0 saturated carbocycles. The Bertz CT molecular complexity index is 1060. The van der Waals surface area contributed by atoms with Crippen molar-refractivity contribution >= 4 is 28.8 Å². The van der Waals surface area contributed by atoms with Crippen LogP contribution in [-0.4, -0.2) is 34.6 Å². The van der Waals surface area contributed by atoms with Crippen molar-refractivity contribution in [1.29, 1.82) is 0 Å². The van der Waals surface area contributed by atoms with Crippen LogP contribution >= 0.6 is 22.9 Å². The largest absolute Gasteiger partial charge is 0.376 e. The monoisotopic (exact) mass is 442 g/mol. The van der Waals surface area contributed by atoms with Crippen LogP contribution in [0.3, 0.4) is 0 Å². The smallest absolute Gasteiger partial charge is 0.255 e. The Labute approximate surface area is 184 Å². The summed E-state index contributed by atoms with van der Waals surface area (Å²) >= 11 is 7.88. The van der Waals surface area contributed by atoms with E-state index in [1.54, 1.807) is 29.7 Å². The molecule has 1 amide bonds. The maximum absolute atomic E-state index is 13.4. The number of benzene rings is 1. The number of aromatic nitrogens is 1. The zero-order valence-corrected chi connectivity index (χ0v) is 18.1. The first kappa shape index (κ1) is 20.8. The average molecular weight is 443 g/mol. The molecule has 1 aromatic carbocycles. The first-order chi connectivity index (χ1) is 14.6. The third kappa shape index (κ3) is 5.01. The molecule has 0 spiro atoms. The Morgan fingerprint density at radius 1 is 1.20 bits per heavy atom. The molecule has 3 aromatic rings. The van der Waals surface area contributed by atoms with Crippen molar-refractivity contribution < 1.29 is 9.53 Å². The number of carbonyl (C=O) groups is 1. The molecule has 7 heteroatoms. The molecule has 0 aliphatic carbocycles. The Hall–Kier alpha value is -2.41. The van der Waals surface area contributed by atoms with Crippen LogP contribution in [0, 0.1) is 0 Å². The van der Waals surface area contributed by atoms with Gasteiger partial charge in [0.15, 0.2) is 0 Å². The molecule has 3 heterocycles. The van der Waals surface area contributed by atoms with Crippen molar-refractivity contribution in [2.24, 2.45) is 0 Å². The van der Waals surface area contributed by atoms with Gasteiger partial charge in [-0.1, -0.05) is 35.9 Å². The van der Waals surface area contributed by atoms with Gasteiger partial charge in [0.05, 0.1) is 24.8 Å². The molecule has 30 heavy (non-hydrogen) atoms. The van der Waals surface area contributed by atoms with E-state index in [4.69, 9.17) is 16.3 Å². The Balaban J connectivity index is 1.58. The van der Waals surface area contributed by atoms with E-state index in [0.29, 0.717) is 30.2 Å².